The highest BCUT2D eigenvalue weighted by molar-refractivity contribution is 5.79. The SMILES string of the molecule is CCN(Cc1cccc2c1OCCO2)C(=O)C1CCCN(Cc2ccccc2)C1. The predicted molar refractivity (Wildman–Crippen MR) is 113 cm³/mol. The van der Waals surface area contributed by atoms with Crippen LogP contribution >= 0.6 is 0 Å². The molecular formula is C24H30N2O3. The Morgan fingerprint density at radius 2 is 1.93 bits per heavy atom. The van der Waals surface area contributed by atoms with Gasteiger partial charge in [-0.05, 0) is 37.9 Å². The first kappa shape index (κ1) is 19.8. The summed E-state index contributed by atoms with van der Waals surface area (Å²) in [4.78, 5) is 17.7. The summed E-state index contributed by atoms with van der Waals surface area (Å²) in [7, 11) is 0. The Balaban J connectivity index is 1.42. The molecule has 0 radical (unpaired) electrons. The van der Waals surface area contributed by atoms with Gasteiger partial charge in [0.2, 0.25) is 5.91 Å². The Kier molecular flexibility index (Phi) is 6.35. The molecule has 0 spiro atoms. The van der Waals surface area contributed by atoms with Gasteiger partial charge in [-0.25, -0.2) is 0 Å². The van der Waals surface area contributed by atoms with Crippen LogP contribution in [0.1, 0.15) is 30.9 Å². The van der Waals surface area contributed by atoms with E-state index >= 15 is 0 Å². The van der Waals surface area contributed by atoms with Crippen LogP contribution in [0.4, 0.5) is 0 Å². The van der Waals surface area contributed by atoms with Crippen molar-refractivity contribution in [2.24, 2.45) is 5.92 Å². The van der Waals surface area contributed by atoms with Crippen molar-refractivity contribution >= 4 is 5.91 Å². The standard InChI is InChI=1S/C24H30N2O3/c1-2-26(18-20-10-6-12-22-23(20)29-15-14-28-22)24(27)21-11-7-13-25(17-21)16-19-8-4-3-5-9-19/h3-6,8-10,12,21H,2,7,11,13-18H2,1H3. The maximum atomic E-state index is 13.3. The second-order valence-corrected chi connectivity index (χ2v) is 7.85. The fraction of sp³-hybridized carbons (Fsp3) is 0.458. The summed E-state index contributed by atoms with van der Waals surface area (Å²) < 4.78 is 11.5. The number of carbonyl (C=O) groups is 1. The number of nitrogens with zero attached hydrogens (tertiary/aromatic N) is 2. The van der Waals surface area contributed by atoms with Crippen LogP contribution in [0, 0.1) is 5.92 Å². The highest BCUT2D eigenvalue weighted by Crippen LogP contribution is 2.34. The molecule has 5 nitrogen and oxygen atoms in total. The van der Waals surface area contributed by atoms with E-state index < -0.39 is 0 Å². The van der Waals surface area contributed by atoms with Gasteiger partial charge in [-0.2, -0.15) is 0 Å². The minimum Gasteiger partial charge on any atom is -0.486 e. The van der Waals surface area contributed by atoms with Crippen LogP contribution in [0.15, 0.2) is 48.5 Å². The number of piperidine rings is 1. The van der Waals surface area contributed by atoms with E-state index in [0.717, 1.165) is 49.5 Å². The fourth-order valence-corrected chi connectivity index (χ4v) is 4.31. The number of rotatable bonds is 6. The van der Waals surface area contributed by atoms with Crippen LogP contribution in [0.5, 0.6) is 11.5 Å². The second-order valence-electron chi connectivity index (χ2n) is 7.85. The number of fused-ring (bicyclic) bond motifs is 1. The third-order valence-electron chi connectivity index (χ3n) is 5.81. The molecule has 2 aliphatic heterocycles. The van der Waals surface area contributed by atoms with Crippen molar-refractivity contribution in [3.05, 3.63) is 59.7 Å². The average molecular weight is 395 g/mol. The molecule has 0 saturated carbocycles. The summed E-state index contributed by atoms with van der Waals surface area (Å²) in [6, 6.07) is 16.4. The zero-order valence-electron chi connectivity index (χ0n) is 17.2. The number of amides is 1. The fourth-order valence-electron chi connectivity index (χ4n) is 4.31. The number of likely N-dealkylation sites (tertiary alicyclic amines) is 1. The van der Waals surface area contributed by atoms with Crippen LogP contribution in [-0.2, 0) is 17.9 Å². The average Bonchev–Trinajstić information content (AvgIpc) is 2.78. The molecule has 1 atom stereocenters. The van der Waals surface area contributed by atoms with Crippen LogP contribution in [-0.4, -0.2) is 48.6 Å². The van der Waals surface area contributed by atoms with Crippen molar-refractivity contribution in [3.63, 3.8) is 0 Å². The van der Waals surface area contributed by atoms with E-state index in [1.165, 1.54) is 5.56 Å². The molecule has 1 fully saturated rings. The second kappa shape index (κ2) is 9.31. The van der Waals surface area contributed by atoms with E-state index in [2.05, 4.69) is 36.1 Å². The minimum atomic E-state index is 0.0594. The van der Waals surface area contributed by atoms with Crippen molar-refractivity contribution in [1.82, 2.24) is 9.80 Å². The maximum Gasteiger partial charge on any atom is 0.227 e. The molecule has 1 amide bonds. The Morgan fingerprint density at radius 1 is 1.10 bits per heavy atom. The quantitative estimate of drug-likeness (QED) is 0.749. The summed E-state index contributed by atoms with van der Waals surface area (Å²) in [5, 5.41) is 0. The third kappa shape index (κ3) is 4.73. The van der Waals surface area contributed by atoms with Gasteiger partial charge in [-0.1, -0.05) is 42.5 Å². The lowest BCUT2D eigenvalue weighted by Crippen LogP contribution is -2.44. The van der Waals surface area contributed by atoms with Gasteiger partial charge in [0.05, 0.1) is 5.92 Å². The topological polar surface area (TPSA) is 42.0 Å². The smallest absolute Gasteiger partial charge is 0.227 e. The first-order valence-electron chi connectivity index (χ1n) is 10.7. The monoisotopic (exact) mass is 394 g/mol. The molecule has 2 aliphatic rings. The minimum absolute atomic E-state index is 0.0594. The van der Waals surface area contributed by atoms with Crippen molar-refractivity contribution in [2.75, 3.05) is 32.8 Å². The summed E-state index contributed by atoms with van der Waals surface area (Å²) >= 11 is 0. The largest absolute Gasteiger partial charge is 0.486 e. The first-order chi connectivity index (χ1) is 14.2. The van der Waals surface area contributed by atoms with Gasteiger partial charge in [0.25, 0.3) is 0 Å². The molecule has 0 N–H and O–H groups in total. The highest BCUT2D eigenvalue weighted by atomic mass is 16.6. The first-order valence-corrected chi connectivity index (χ1v) is 10.7. The van der Waals surface area contributed by atoms with Crippen molar-refractivity contribution in [3.8, 4) is 11.5 Å². The number of hydrogen-bond acceptors (Lipinski definition) is 4. The molecule has 154 valence electrons. The molecule has 1 unspecified atom stereocenters. The van der Waals surface area contributed by atoms with Gasteiger partial charge in [0.15, 0.2) is 11.5 Å². The number of ether oxygens (including phenoxy) is 2. The molecule has 1 saturated heterocycles. The van der Waals surface area contributed by atoms with Crippen LogP contribution < -0.4 is 9.47 Å². The van der Waals surface area contributed by atoms with E-state index in [4.69, 9.17) is 9.47 Å². The van der Waals surface area contributed by atoms with Gasteiger partial charge in [-0.3, -0.25) is 9.69 Å². The van der Waals surface area contributed by atoms with Gasteiger partial charge in [0, 0.05) is 31.7 Å². The molecule has 4 rings (SSSR count). The molecule has 2 aromatic carbocycles. The number of benzene rings is 2. The van der Waals surface area contributed by atoms with Gasteiger partial charge in [-0.15, -0.1) is 0 Å². The molecule has 0 bridgehead atoms. The highest BCUT2D eigenvalue weighted by Gasteiger charge is 2.29. The summed E-state index contributed by atoms with van der Waals surface area (Å²) in [6.45, 7) is 7.24. The van der Waals surface area contributed by atoms with E-state index in [9.17, 15) is 4.79 Å². The van der Waals surface area contributed by atoms with Gasteiger partial charge < -0.3 is 14.4 Å². The molecule has 0 aromatic heterocycles. The third-order valence-corrected chi connectivity index (χ3v) is 5.81. The summed E-state index contributed by atoms with van der Waals surface area (Å²) in [6.07, 6.45) is 2.03. The molecular weight excluding hydrogens is 364 g/mol. The zero-order chi connectivity index (χ0) is 20.1. The number of hydrogen-bond donors (Lipinski definition) is 0. The molecule has 2 aromatic rings. The molecule has 2 heterocycles. The van der Waals surface area contributed by atoms with Crippen molar-refractivity contribution < 1.29 is 14.3 Å². The van der Waals surface area contributed by atoms with E-state index in [0.29, 0.717) is 26.3 Å². The lowest BCUT2D eigenvalue weighted by atomic mass is 9.95. The lowest BCUT2D eigenvalue weighted by Gasteiger charge is -2.35. The zero-order valence-corrected chi connectivity index (χ0v) is 17.2. The Hall–Kier alpha value is -2.53. The maximum absolute atomic E-state index is 13.3. The molecule has 5 heteroatoms. The van der Waals surface area contributed by atoms with Gasteiger partial charge in [0.1, 0.15) is 13.2 Å². The Labute approximate surface area is 173 Å². The predicted octanol–water partition coefficient (Wildman–Crippen LogP) is 3.72. The lowest BCUT2D eigenvalue weighted by molar-refractivity contribution is -0.137. The molecule has 29 heavy (non-hydrogen) atoms. The number of para-hydroxylation sites is 1. The van der Waals surface area contributed by atoms with E-state index in [-0.39, 0.29) is 11.8 Å². The van der Waals surface area contributed by atoms with Crippen LogP contribution in [0.25, 0.3) is 0 Å². The van der Waals surface area contributed by atoms with Crippen molar-refractivity contribution in [1.29, 1.82) is 0 Å². The summed E-state index contributed by atoms with van der Waals surface area (Å²) in [5.41, 5.74) is 2.33. The van der Waals surface area contributed by atoms with Gasteiger partial charge >= 0.3 is 0 Å². The Bertz CT molecular complexity index is 824. The van der Waals surface area contributed by atoms with Crippen LogP contribution in [0.2, 0.25) is 0 Å². The van der Waals surface area contributed by atoms with Crippen LogP contribution in [0.3, 0.4) is 0 Å². The number of carbonyl (C=O) groups excluding carboxylic acids is 1. The van der Waals surface area contributed by atoms with Crippen molar-refractivity contribution in [2.45, 2.75) is 32.9 Å². The van der Waals surface area contributed by atoms with E-state index in [1.807, 2.05) is 29.2 Å². The molecule has 0 aliphatic carbocycles. The van der Waals surface area contributed by atoms with E-state index in [1.54, 1.807) is 0 Å². The summed E-state index contributed by atoms with van der Waals surface area (Å²) in [5.74, 6) is 1.88. The Morgan fingerprint density at radius 3 is 2.76 bits per heavy atom. The normalized spacial score (nSPS) is 19.0.